The smallest absolute Gasteiger partial charge is 0.106 e. The Bertz CT molecular complexity index is 626. The van der Waals surface area contributed by atoms with Crippen LogP contribution in [-0.4, -0.2) is 25.5 Å². The van der Waals surface area contributed by atoms with Crippen molar-refractivity contribution in [2.45, 2.75) is 196 Å². The third-order valence-electron chi connectivity index (χ3n) is 10.6. The average Bonchev–Trinajstić information content (AvgIpc) is 3.66. The van der Waals surface area contributed by atoms with E-state index in [4.69, 9.17) is 9.53 Å². The van der Waals surface area contributed by atoms with Crippen molar-refractivity contribution >= 4 is 6.79 Å². The molecule has 3 rings (SSSR count). The Morgan fingerprint density at radius 1 is 0.659 bits per heavy atom. The van der Waals surface area contributed by atoms with Gasteiger partial charge in [-0.3, -0.25) is 0 Å². The molecule has 3 aliphatic rings. The zero-order chi connectivity index (χ0) is 29.5. The third-order valence-corrected chi connectivity index (χ3v) is 10.6. The van der Waals surface area contributed by atoms with Crippen LogP contribution in [0.1, 0.15) is 196 Å². The zero-order valence-corrected chi connectivity index (χ0v) is 28.7. The number of ether oxygens (including phenoxy) is 1. The summed E-state index contributed by atoms with van der Waals surface area (Å²) in [7, 11) is 0. The van der Waals surface area contributed by atoms with Gasteiger partial charge in [-0.1, -0.05) is 150 Å². The van der Waals surface area contributed by atoms with Gasteiger partial charge in [0.1, 0.15) is 6.79 Å². The molecule has 0 radical (unpaired) electrons. The summed E-state index contributed by atoms with van der Waals surface area (Å²) in [5.41, 5.74) is 1.81. The minimum absolute atomic E-state index is 0. The molecule has 3 heteroatoms. The minimum Gasteiger partial charge on any atom is -0.412 e. The Kier molecular flexibility index (Phi) is 30.7. The van der Waals surface area contributed by atoms with Crippen LogP contribution >= 0.6 is 0 Å². The van der Waals surface area contributed by atoms with E-state index in [9.17, 15) is 0 Å². The quantitative estimate of drug-likeness (QED) is 0.0840. The molecule has 0 aromatic carbocycles. The van der Waals surface area contributed by atoms with Gasteiger partial charge in [0.15, 0.2) is 0 Å². The fourth-order valence-corrected chi connectivity index (χ4v) is 7.58. The Balaban J connectivity index is 0. The molecule has 264 valence electrons. The van der Waals surface area contributed by atoms with E-state index in [1.807, 2.05) is 12.4 Å². The Morgan fingerprint density at radius 2 is 1.18 bits per heavy atom. The van der Waals surface area contributed by atoms with Crippen LogP contribution in [-0.2, 0) is 9.53 Å². The van der Waals surface area contributed by atoms with Gasteiger partial charge >= 0.3 is 0 Å². The molecule has 0 heterocycles. The summed E-state index contributed by atoms with van der Waals surface area (Å²) in [5, 5.41) is 0. The number of carbonyl (C=O) groups excluding carboxylic acids is 1. The van der Waals surface area contributed by atoms with Crippen LogP contribution in [0, 0.1) is 35.5 Å². The second-order valence-corrected chi connectivity index (χ2v) is 15.1. The molecule has 3 saturated carbocycles. The zero-order valence-electron chi connectivity index (χ0n) is 28.7. The maximum atomic E-state index is 8.00. The van der Waals surface area contributed by atoms with E-state index >= 15 is 0 Å². The fourth-order valence-electron chi connectivity index (χ4n) is 7.58. The normalized spacial score (nSPS) is 21.0. The highest BCUT2D eigenvalue weighted by Gasteiger charge is 2.22. The molecule has 3 aliphatic carbocycles. The highest BCUT2D eigenvalue weighted by atomic mass is 16.5. The van der Waals surface area contributed by atoms with Crippen LogP contribution in [0.4, 0.5) is 0 Å². The number of unbranched alkanes of at least 4 members (excludes halogenated alkanes) is 4. The van der Waals surface area contributed by atoms with Gasteiger partial charge in [0.2, 0.25) is 0 Å². The first-order chi connectivity index (χ1) is 20.1. The van der Waals surface area contributed by atoms with Crippen molar-refractivity contribution in [3.05, 3.63) is 11.6 Å². The van der Waals surface area contributed by atoms with Crippen LogP contribution in [0.25, 0.3) is 0 Å². The molecule has 0 amide bonds. The summed E-state index contributed by atoms with van der Waals surface area (Å²) in [4.78, 5) is 8.00. The van der Waals surface area contributed by atoms with E-state index in [0.717, 1.165) is 48.7 Å². The first-order valence-corrected chi connectivity index (χ1v) is 18.6. The SMILES string of the molecule is C.C.C=O.CC(C)CCCCC1CCC(CCC/C(=C\CCCC(C)COCC2CC2)CCCCCC2CCCC2)CC1.O. The summed E-state index contributed by atoms with van der Waals surface area (Å²) in [5.74, 6) is 5.66. The number of rotatable bonds is 23. The molecule has 1 atom stereocenters. The maximum absolute atomic E-state index is 8.00. The molecule has 2 N–H and O–H groups in total. The lowest BCUT2D eigenvalue weighted by atomic mass is 9.77. The van der Waals surface area contributed by atoms with Gasteiger partial charge in [0, 0.05) is 13.2 Å². The molecule has 3 nitrogen and oxygen atoms in total. The van der Waals surface area contributed by atoms with Gasteiger partial charge in [0.05, 0.1) is 0 Å². The highest BCUT2D eigenvalue weighted by Crippen LogP contribution is 2.35. The second kappa shape index (κ2) is 29.7. The molecular weight excluding hydrogens is 540 g/mol. The Hall–Kier alpha value is -0.670. The van der Waals surface area contributed by atoms with Crippen LogP contribution < -0.4 is 0 Å². The fraction of sp³-hybridized carbons (Fsp3) is 0.927. The van der Waals surface area contributed by atoms with E-state index in [0.29, 0.717) is 0 Å². The van der Waals surface area contributed by atoms with E-state index in [-0.39, 0.29) is 20.3 Å². The van der Waals surface area contributed by atoms with Crippen molar-refractivity contribution in [2.75, 3.05) is 13.2 Å². The van der Waals surface area contributed by atoms with Gasteiger partial charge in [-0.2, -0.15) is 0 Å². The summed E-state index contributed by atoms with van der Waals surface area (Å²) in [6, 6.07) is 0. The molecular formula is C41H82O3. The molecule has 0 aromatic heterocycles. The van der Waals surface area contributed by atoms with Crippen LogP contribution in [0.15, 0.2) is 11.6 Å². The van der Waals surface area contributed by atoms with E-state index in [1.54, 1.807) is 0 Å². The molecule has 0 aliphatic heterocycles. The van der Waals surface area contributed by atoms with Gasteiger partial charge < -0.3 is 15.0 Å². The van der Waals surface area contributed by atoms with Crippen LogP contribution in [0.2, 0.25) is 0 Å². The van der Waals surface area contributed by atoms with Crippen molar-refractivity contribution < 1.29 is 15.0 Å². The number of hydrogen-bond donors (Lipinski definition) is 0. The van der Waals surface area contributed by atoms with E-state index < -0.39 is 0 Å². The lowest BCUT2D eigenvalue weighted by Gasteiger charge is -2.28. The monoisotopic (exact) mass is 623 g/mol. The van der Waals surface area contributed by atoms with Crippen molar-refractivity contribution in [1.29, 1.82) is 0 Å². The standard InChI is InChI=1S/C38H70O.CH2O.2CH4.H2O/c1-32(2)14-7-9-21-36-24-26-37(27-25-36)23-13-22-35(17-6-4-5-16-34-19-11-12-20-34)18-10-8-15-33(3)30-39-31-38-28-29-38;1-2;;;/h18,32-34,36-38H,4-17,19-31H2,1-3H3;1H2;2*1H4;1H2/b35-18-;;;;. The Morgan fingerprint density at radius 3 is 1.77 bits per heavy atom. The average molecular weight is 623 g/mol. The number of carbonyl (C=O) groups is 1. The van der Waals surface area contributed by atoms with Gasteiger partial charge in [0.25, 0.3) is 0 Å². The summed E-state index contributed by atoms with van der Waals surface area (Å²) >= 11 is 0. The van der Waals surface area contributed by atoms with Crippen molar-refractivity contribution in [3.8, 4) is 0 Å². The molecule has 0 saturated heterocycles. The summed E-state index contributed by atoms with van der Waals surface area (Å²) < 4.78 is 5.95. The lowest BCUT2D eigenvalue weighted by Crippen LogP contribution is -2.14. The summed E-state index contributed by atoms with van der Waals surface area (Å²) in [6.07, 6.45) is 39.1. The topological polar surface area (TPSA) is 57.8 Å². The largest absolute Gasteiger partial charge is 0.412 e. The van der Waals surface area contributed by atoms with Gasteiger partial charge in [-0.25, -0.2) is 0 Å². The number of hydrogen-bond acceptors (Lipinski definition) is 2. The van der Waals surface area contributed by atoms with Crippen LogP contribution in [0.5, 0.6) is 0 Å². The van der Waals surface area contributed by atoms with E-state index in [2.05, 4.69) is 26.8 Å². The van der Waals surface area contributed by atoms with Gasteiger partial charge in [-0.15, -0.1) is 0 Å². The van der Waals surface area contributed by atoms with E-state index in [1.165, 1.54) is 161 Å². The molecule has 3 fully saturated rings. The highest BCUT2D eigenvalue weighted by molar-refractivity contribution is 5.11. The predicted molar refractivity (Wildman–Crippen MR) is 196 cm³/mol. The minimum atomic E-state index is 0. The van der Waals surface area contributed by atoms with Crippen LogP contribution in [0.3, 0.4) is 0 Å². The molecule has 0 spiro atoms. The van der Waals surface area contributed by atoms with Gasteiger partial charge in [-0.05, 0) is 93.3 Å². The van der Waals surface area contributed by atoms with Crippen molar-refractivity contribution in [2.24, 2.45) is 35.5 Å². The molecule has 0 bridgehead atoms. The maximum Gasteiger partial charge on any atom is 0.106 e. The number of allylic oxidation sites excluding steroid dienone is 2. The molecule has 1 unspecified atom stereocenters. The first-order valence-electron chi connectivity index (χ1n) is 18.6. The van der Waals surface area contributed by atoms with Crippen molar-refractivity contribution in [3.63, 3.8) is 0 Å². The predicted octanol–water partition coefficient (Wildman–Crippen LogP) is 12.7. The summed E-state index contributed by atoms with van der Waals surface area (Å²) in [6.45, 7) is 11.1. The first kappa shape index (κ1) is 45.5. The lowest BCUT2D eigenvalue weighted by molar-refractivity contribution is -0.0980. The molecule has 0 aromatic rings. The third kappa shape index (κ3) is 23.6. The molecule has 44 heavy (non-hydrogen) atoms. The van der Waals surface area contributed by atoms with Crippen molar-refractivity contribution in [1.82, 2.24) is 0 Å². The Labute approximate surface area is 277 Å². The second-order valence-electron chi connectivity index (χ2n) is 15.1.